The summed E-state index contributed by atoms with van der Waals surface area (Å²) in [5.74, 6) is 0. The zero-order chi connectivity index (χ0) is 5.33. The molecule has 2 heteroatoms. The van der Waals surface area contributed by atoms with E-state index in [4.69, 9.17) is 0 Å². The van der Waals surface area contributed by atoms with Gasteiger partial charge >= 0.3 is 50.4 Å². The molecule has 0 aliphatic carbocycles. The third kappa shape index (κ3) is 1.45. The summed E-state index contributed by atoms with van der Waals surface area (Å²) >= 11 is 0.854. The normalized spacial score (nSPS) is 28.3. The molecular formula is C5H11NSe. The molecule has 0 aromatic heterocycles. The van der Waals surface area contributed by atoms with Crippen LogP contribution < -0.4 is 5.32 Å². The third-order valence-corrected chi connectivity index (χ3v) is 3.79. The third-order valence-electron chi connectivity index (χ3n) is 1.12. The van der Waals surface area contributed by atoms with E-state index in [2.05, 4.69) is 19.2 Å². The van der Waals surface area contributed by atoms with Gasteiger partial charge < -0.3 is 0 Å². The van der Waals surface area contributed by atoms with Gasteiger partial charge in [-0.25, -0.2) is 0 Å². The van der Waals surface area contributed by atoms with Crippen molar-refractivity contribution in [1.82, 2.24) is 5.32 Å². The van der Waals surface area contributed by atoms with Crippen molar-refractivity contribution in [2.24, 2.45) is 0 Å². The Kier molecular flexibility index (Phi) is 1.42. The summed E-state index contributed by atoms with van der Waals surface area (Å²) in [6, 6.07) is 0. The first-order chi connectivity index (χ1) is 3.21. The minimum atomic E-state index is 0.507. The van der Waals surface area contributed by atoms with E-state index in [1.54, 1.807) is 0 Å². The number of rotatable bonds is 0. The van der Waals surface area contributed by atoms with Gasteiger partial charge in [0.05, 0.1) is 0 Å². The molecule has 1 fully saturated rings. The number of hydrogen-bond acceptors (Lipinski definition) is 1. The Bertz CT molecular complexity index is 62.5. The molecule has 0 unspecified atom stereocenters. The van der Waals surface area contributed by atoms with E-state index in [0.717, 1.165) is 15.0 Å². The molecule has 1 aliphatic rings. The molecule has 1 heterocycles. The van der Waals surface area contributed by atoms with Gasteiger partial charge in [0.25, 0.3) is 0 Å². The molecule has 0 aromatic carbocycles. The Balaban J connectivity index is 2.40. The van der Waals surface area contributed by atoms with E-state index in [1.165, 1.54) is 11.9 Å². The van der Waals surface area contributed by atoms with Crippen LogP contribution in [-0.4, -0.2) is 25.9 Å². The zero-order valence-corrected chi connectivity index (χ0v) is 6.54. The Labute approximate surface area is 51.0 Å². The van der Waals surface area contributed by atoms with Crippen molar-refractivity contribution in [2.45, 2.75) is 23.6 Å². The second kappa shape index (κ2) is 1.77. The van der Waals surface area contributed by atoms with Crippen molar-refractivity contribution >= 4 is 15.0 Å². The predicted octanol–water partition coefficient (Wildman–Crippen LogP) is 0.448. The fraction of sp³-hybridized carbons (Fsp3) is 1.00. The molecule has 7 heavy (non-hydrogen) atoms. The summed E-state index contributed by atoms with van der Waals surface area (Å²) in [4.78, 5) is 0. The Hall–Kier alpha value is 0.479. The van der Waals surface area contributed by atoms with Gasteiger partial charge in [-0.3, -0.25) is 0 Å². The van der Waals surface area contributed by atoms with Gasteiger partial charge in [0.2, 0.25) is 0 Å². The van der Waals surface area contributed by atoms with E-state index in [9.17, 15) is 0 Å². The molecule has 0 bridgehead atoms. The molecule has 0 aromatic rings. The Morgan fingerprint density at radius 2 is 2.29 bits per heavy atom. The van der Waals surface area contributed by atoms with Crippen LogP contribution in [0.15, 0.2) is 0 Å². The van der Waals surface area contributed by atoms with Gasteiger partial charge in [0.1, 0.15) is 0 Å². The van der Waals surface area contributed by atoms with Gasteiger partial charge in [-0.15, -0.1) is 0 Å². The summed E-state index contributed by atoms with van der Waals surface area (Å²) in [5, 5.41) is 4.84. The first-order valence-corrected chi connectivity index (χ1v) is 4.66. The maximum atomic E-state index is 3.42. The van der Waals surface area contributed by atoms with Crippen molar-refractivity contribution < 1.29 is 0 Å². The molecule has 1 N–H and O–H groups in total. The second-order valence-corrected chi connectivity index (χ2v) is 5.89. The summed E-state index contributed by atoms with van der Waals surface area (Å²) in [5.41, 5.74) is 0. The average molecular weight is 164 g/mol. The average Bonchev–Trinajstić information content (AvgIpc) is 1.84. The zero-order valence-electron chi connectivity index (χ0n) is 4.82. The van der Waals surface area contributed by atoms with Crippen molar-refractivity contribution in [3.63, 3.8) is 0 Å². The summed E-state index contributed by atoms with van der Waals surface area (Å²) in [6.07, 6.45) is 0. The fourth-order valence-electron chi connectivity index (χ4n) is 0.709. The molecule has 0 saturated carbocycles. The maximum absolute atomic E-state index is 3.42. The van der Waals surface area contributed by atoms with Crippen LogP contribution in [-0.2, 0) is 0 Å². The summed E-state index contributed by atoms with van der Waals surface area (Å²) < 4.78 is 0.507. The van der Waals surface area contributed by atoms with Crippen LogP contribution in [0.3, 0.4) is 0 Å². The van der Waals surface area contributed by atoms with Gasteiger partial charge in [0.15, 0.2) is 0 Å². The molecule has 0 spiro atoms. The summed E-state index contributed by atoms with van der Waals surface area (Å²) in [6.45, 7) is 5.80. The molecule has 1 saturated heterocycles. The van der Waals surface area contributed by atoms with Crippen LogP contribution in [0.25, 0.3) is 0 Å². The van der Waals surface area contributed by atoms with E-state index >= 15 is 0 Å². The van der Waals surface area contributed by atoms with E-state index in [-0.39, 0.29) is 0 Å². The van der Waals surface area contributed by atoms with Crippen molar-refractivity contribution in [2.75, 3.05) is 6.54 Å². The Morgan fingerprint density at radius 1 is 1.57 bits per heavy atom. The van der Waals surface area contributed by atoms with Gasteiger partial charge in [-0.1, -0.05) is 0 Å². The van der Waals surface area contributed by atoms with E-state index in [0.29, 0.717) is 4.44 Å². The van der Waals surface area contributed by atoms with Crippen LogP contribution in [0.2, 0.25) is 5.32 Å². The first kappa shape index (κ1) is 5.61. The van der Waals surface area contributed by atoms with Crippen LogP contribution in [0.4, 0.5) is 0 Å². The SMILES string of the molecule is CC1(C)NCC[Se]1. The van der Waals surface area contributed by atoms with Crippen molar-refractivity contribution in [3.05, 3.63) is 0 Å². The molecule has 1 nitrogen and oxygen atoms in total. The van der Waals surface area contributed by atoms with Crippen molar-refractivity contribution in [1.29, 1.82) is 0 Å². The van der Waals surface area contributed by atoms with Gasteiger partial charge in [-0.2, -0.15) is 0 Å². The molecule has 0 amide bonds. The van der Waals surface area contributed by atoms with Crippen LogP contribution >= 0.6 is 0 Å². The first-order valence-electron chi connectivity index (χ1n) is 2.60. The molecule has 42 valence electrons. The predicted molar refractivity (Wildman–Crippen MR) is 32.6 cm³/mol. The second-order valence-electron chi connectivity index (χ2n) is 2.29. The molecule has 1 aliphatic heterocycles. The monoisotopic (exact) mass is 165 g/mol. The topological polar surface area (TPSA) is 12.0 Å². The number of hydrogen-bond donors (Lipinski definition) is 1. The van der Waals surface area contributed by atoms with E-state index < -0.39 is 0 Å². The number of nitrogens with one attached hydrogen (secondary N) is 1. The van der Waals surface area contributed by atoms with Crippen LogP contribution in [0, 0.1) is 0 Å². The molecular weight excluding hydrogens is 153 g/mol. The standard InChI is InChI=1S/C5H11NSe/c1-5(2)6-3-4-7-5/h6H,3-4H2,1-2H3. The van der Waals surface area contributed by atoms with Crippen LogP contribution in [0.5, 0.6) is 0 Å². The van der Waals surface area contributed by atoms with Crippen molar-refractivity contribution in [3.8, 4) is 0 Å². The van der Waals surface area contributed by atoms with Crippen LogP contribution in [0.1, 0.15) is 13.8 Å². The van der Waals surface area contributed by atoms with E-state index in [1.807, 2.05) is 0 Å². The molecule has 0 radical (unpaired) electrons. The quantitative estimate of drug-likeness (QED) is 0.512. The molecule has 0 atom stereocenters. The fourth-order valence-corrected chi connectivity index (χ4v) is 2.64. The van der Waals surface area contributed by atoms with Gasteiger partial charge in [0, 0.05) is 0 Å². The Morgan fingerprint density at radius 3 is 2.43 bits per heavy atom. The minimum absolute atomic E-state index is 0.507. The summed E-state index contributed by atoms with van der Waals surface area (Å²) in [7, 11) is 0. The van der Waals surface area contributed by atoms with Gasteiger partial charge in [-0.05, 0) is 0 Å². The molecule has 1 rings (SSSR count).